The summed E-state index contributed by atoms with van der Waals surface area (Å²) in [6.07, 6.45) is 3.85. The van der Waals surface area contributed by atoms with Crippen LogP contribution in [0.15, 0.2) is 35.3 Å². The molecular formula is C20H32IN3O3. The molecule has 0 radical (unpaired) electrons. The summed E-state index contributed by atoms with van der Waals surface area (Å²) in [7, 11) is 1.79. The number of carbonyl (C=O) groups excluding carboxylic acids is 1. The smallest absolute Gasteiger partial charge is 0.310 e. The Kier molecular flexibility index (Phi) is 11.9. The van der Waals surface area contributed by atoms with Gasteiger partial charge < -0.3 is 19.7 Å². The van der Waals surface area contributed by atoms with E-state index >= 15 is 0 Å². The first-order chi connectivity index (χ1) is 12.7. The molecule has 1 aliphatic heterocycles. The van der Waals surface area contributed by atoms with Crippen LogP contribution in [0.5, 0.6) is 5.75 Å². The van der Waals surface area contributed by atoms with Gasteiger partial charge in [-0.1, -0.05) is 18.2 Å². The van der Waals surface area contributed by atoms with Crippen molar-refractivity contribution in [1.29, 1.82) is 0 Å². The molecule has 0 aromatic heterocycles. The summed E-state index contributed by atoms with van der Waals surface area (Å²) in [5, 5.41) is 3.40. The number of para-hydroxylation sites is 1. The van der Waals surface area contributed by atoms with Gasteiger partial charge in [-0.3, -0.25) is 9.79 Å². The number of benzene rings is 1. The molecule has 1 unspecified atom stereocenters. The van der Waals surface area contributed by atoms with Crippen LogP contribution in [-0.2, 0) is 9.53 Å². The zero-order valence-electron chi connectivity index (χ0n) is 16.4. The Balaban J connectivity index is 0.00000364. The van der Waals surface area contributed by atoms with Crippen molar-refractivity contribution in [2.75, 3.05) is 39.9 Å². The number of esters is 1. The van der Waals surface area contributed by atoms with Gasteiger partial charge in [0.1, 0.15) is 5.75 Å². The highest BCUT2D eigenvalue weighted by atomic mass is 127. The predicted octanol–water partition coefficient (Wildman–Crippen LogP) is 3.31. The number of likely N-dealkylation sites (tertiary alicyclic amines) is 1. The zero-order chi connectivity index (χ0) is 18.6. The van der Waals surface area contributed by atoms with Crippen molar-refractivity contribution in [3.63, 3.8) is 0 Å². The van der Waals surface area contributed by atoms with Crippen LogP contribution in [-0.4, -0.2) is 56.7 Å². The molecule has 0 spiro atoms. The summed E-state index contributed by atoms with van der Waals surface area (Å²) in [4.78, 5) is 18.5. The van der Waals surface area contributed by atoms with Gasteiger partial charge in [-0.2, -0.15) is 0 Å². The number of ether oxygens (including phenoxy) is 2. The summed E-state index contributed by atoms with van der Waals surface area (Å²) >= 11 is 0. The SMILES string of the molecule is CCOC(=O)C1CCCN(C(=NC)NCCCCOc2ccccc2)C1.I. The number of hydrogen-bond donors (Lipinski definition) is 1. The maximum Gasteiger partial charge on any atom is 0.310 e. The van der Waals surface area contributed by atoms with Crippen LogP contribution in [0.4, 0.5) is 0 Å². The van der Waals surface area contributed by atoms with E-state index in [-0.39, 0.29) is 35.9 Å². The van der Waals surface area contributed by atoms with Gasteiger partial charge in [0.05, 0.1) is 19.1 Å². The lowest BCUT2D eigenvalue weighted by Crippen LogP contribution is -2.48. The third-order valence-electron chi connectivity index (χ3n) is 4.42. The van der Waals surface area contributed by atoms with Crippen molar-refractivity contribution in [1.82, 2.24) is 10.2 Å². The normalized spacial score (nSPS) is 17.0. The number of nitrogens with one attached hydrogen (secondary N) is 1. The van der Waals surface area contributed by atoms with E-state index in [1.807, 2.05) is 37.3 Å². The lowest BCUT2D eigenvalue weighted by molar-refractivity contribution is -0.149. The molecule has 27 heavy (non-hydrogen) atoms. The molecular weight excluding hydrogens is 457 g/mol. The van der Waals surface area contributed by atoms with E-state index in [1.54, 1.807) is 7.05 Å². The molecule has 0 aliphatic carbocycles. The van der Waals surface area contributed by atoms with Gasteiger partial charge in [-0.05, 0) is 44.7 Å². The fourth-order valence-electron chi connectivity index (χ4n) is 3.09. The molecule has 1 heterocycles. The third-order valence-corrected chi connectivity index (χ3v) is 4.42. The second-order valence-electron chi connectivity index (χ2n) is 6.38. The number of nitrogens with zero attached hydrogens (tertiary/aromatic N) is 2. The number of rotatable bonds is 8. The van der Waals surface area contributed by atoms with Gasteiger partial charge in [-0.25, -0.2) is 0 Å². The summed E-state index contributed by atoms with van der Waals surface area (Å²) in [5.74, 6) is 1.63. The van der Waals surface area contributed by atoms with Gasteiger partial charge in [-0.15, -0.1) is 24.0 Å². The number of unbranched alkanes of at least 4 members (excludes halogenated alkanes) is 1. The highest BCUT2D eigenvalue weighted by molar-refractivity contribution is 14.0. The van der Waals surface area contributed by atoms with Crippen molar-refractivity contribution in [2.24, 2.45) is 10.9 Å². The van der Waals surface area contributed by atoms with E-state index in [2.05, 4.69) is 15.2 Å². The van der Waals surface area contributed by atoms with E-state index in [9.17, 15) is 4.79 Å². The topological polar surface area (TPSA) is 63.2 Å². The Bertz CT molecular complexity index is 569. The van der Waals surface area contributed by atoms with Crippen molar-refractivity contribution in [3.05, 3.63) is 30.3 Å². The molecule has 0 saturated carbocycles. The Morgan fingerprint density at radius 2 is 2.07 bits per heavy atom. The van der Waals surface area contributed by atoms with Gasteiger partial charge in [0.25, 0.3) is 0 Å². The minimum Gasteiger partial charge on any atom is -0.494 e. The van der Waals surface area contributed by atoms with Gasteiger partial charge >= 0.3 is 5.97 Å². The van der Waals surface area contributed by atoms with E-state index in [1.165, 1.54) is 0 Å². The maximum absolute atomic E-state index is 12.0. The van der Waals surface area contributed by atoms with Crippen LogP contribution in [0, 0.1) is 5.92 Å². The summed E-state index contributed by atoms with van der Waals surface area (Å²) in [6, 6.07) is 9.87. The van der Waals surface area contributed by atoms with Crippen molar-refractivity contribution in [2.45, 2.75) is 32.6 Å². The predicted molar refractivity (Wildman–Crippen MR) is 119 cm³/mol. The molecule has 0 amide bonds. The lowest BCUT2D eigenvalue weighted by atomic mass is 9.98. The molecule has 0 bridgehead atoms. The van der Waals surface area contributed by atoms with E-state index < -0.39 is 0 Å². The maximum atomic E-state index is 12.0. The fourth-order valence-corrected chi connectivity index (χ4v) is 3.09. The Labute approximate surface area is 179 Å². The van der Waals surface area contributed by atoms with Crippen molar-refractivity contribution in [3.8, 4) is 5.75 Å². The number of halogens is 1. The highest BCUT2D eigenvalue weighted by Gasteiger charge is 2.28. The Morgan fingerprint density at radius 1 is 1.30 bits per heavy atom. The van der Waals surface area contributed by atoms with Crippen LogP contribution < -0.4 is 10.1 Å². The molecule has 1 fully saturated rings. The lowest BCUT2D eigenvalue weighted by Gasteiger charge is -2.33. The Hall–Kier alpha value is -1.51. The standard InChI is InChI=1S/C20H31N3O3.HI/c1-3-25-19(24)17-10-9-14-23(16-17)20(21-2)22-13-7-8-15-26-18-11-5-4-6-12-18;/h4-6,11-12,17H,3,7-10,13-16H2,1-2H3,(H,21,22);1H. The fraction of sp³-hybridized carbons (Fsp3) is 0.600. The second kappa shape index (κ2) is 13.6. The molecule has 7 heteroatoms. The largest absolute Gasteiger partial charge is 0.494 e. The summed E-state index contributed by atoms with van der Waals surface area (Å²) < 4.78 is 10.9. The first-order valence-electron chi connectivity index (χ1n) is 9.54. The molecule has 152 valence electrons. The van der Waals surface area contributed by atoms with E-state index in [0.717, 1.165) is 50.5 Å². The zero-order valence-corrected chi connectivity index (χ0v) is 18.7. The number of guanidine groups is 1. The minimum absolute atomic E-state index is 0. The summed E-state index contributed by atoms with van der Waals surface area (Å²) in [5.41, 5.74) is 0. The van der Waals surface area contributed by atoms with Crippen LogP contribution in [0.1, 0.15) is 32.6 Å². The molecule has 1 saturated heterocycles. The minimum atomic E-state index is -0.0919. The number of carbonyl (C=O) groups is 1. The quantitative estimate of drug-likeness (QED) is 0.200. The first-order valence-corrected chi connectivity index (χ1v) is 9.54. The molecule has 1 aliphatic rings. The first kappa shape index (κ1) is 23.5. The van der Waals surface area contributed by atoms with E-state index in [0.29, 0.717) is 19.8 Å². The molecule has 1 atom stereocenters. The van der Waals surface area contributed by atoms with Crippen molar-refractivity contribution >= 4 is 35.9 Å². The van der Waals surface area contributed by atoms with Gasteiger partial charge in [0, 0.05) is 26.7 Å². The molecule has 6 nitrogen and oxygen atoms in total. The van der Waals surface area contributed by atoms with Crippen LogP contribution >= 0.6 is 24.0 Å². The number of hydrogen-bond acceptors (Lipinski definition) is 4. The third kappa shape index (κ3) is 8.36. The Morgan fingerprint density at radius 3 is 2.78 bits per heavy atom. The molecule has 1 N–H and O–H groups in total. The van der Waals surface area contributed by atoms with E-state index in [4.69, 9.17) is 9.47 Å². The highest BCUT2D eigenvalue weighted by Crippen LogP contribution is 2.18. The molecule has 2 rings (SSSR count). The van der Waals surface area contributed by atoms with Gasteiger partial charge in [0.15, 0.2) is 5.96 Å². The van der Waals surface area contributed by atoms with Crippen LogP contribution in [0.25, 0.3) is 0 Å². The van der Waals surface area contributed by atoms with Crippen LogP contribution in [0.2, 0.25) is 0 Å². The van der Waals surface area contributed by atoms with Crippen LogP contribution in [0.3, 0.4) is 0 Å². The van der Waals surface area contributed by atoms with Crippen molar-refractivity contribution < 1.29 is 14.3 Å². The number of aliphatic imine (C=N–C) groups is 1. The van der Waals surface area contributed by atoms with Gasteiger partial charge in [0.2, 0.25) is 0 Å². The molecule has 1 aromatic carbocycles. The average Bonchev–Trinajstić information content (AvgIpc) is 2.68. The monoisotopic (exact) mass is 489 g/mol. The second-order valence-corrected chi connectivity index (χ2v) is 6.38. The molecule has 1 aromatic rings. The summed E-state index contributed by atoms with van der Waals surface area (Å²) in [6.45, 7) is 5.43. The number of piperidine rings is 1. The average molecular weight is 489 g/mol.